The van der Waals surface area contributed by atoms with Crippen LogP contribution in [-0.4, -0.2) is 37.2 Å². The smallest absolute Gasteiger partial charge is 0.306 e. The topological polar surface area (TPSA) is 78.9 Å². The van der Waals surface area contributed by atoms with Crippen LogP contribution in [0.15, 0.2) is 12.2 Å². The molecule has 0 spiro atoms. The molecule has 0 fully saturated rings. The molecule has 6 heteroatoms. The van der Waals surface area contributed by atoms with Crippen LogP contribution in [0, 0.1) is 0 Å². The first-order valence-electron chi connectivity index (χ1n) is 35.2. The molecule has 0 amide bonds. The van der Waals surface area contributed by atoms with Gasteiger partial charge < -0.3 is 14.2 Å². The number of rotatable bonds is 66. The Morgan fingerprint density at radius 1 is 0.247 bits per heavy atom. The van der Waals surface area contributed by atoms with Crippen LogP contribution in [0.2, 0.25) is 0 Å². The van der Waals surface area contributed by atoms with Crippen molar-refractivity contribution in [1.82, 2.24) is 0 Å². The molecular formula is C71H136O6. The molecule has 6 nitrogen and oxygen atoms in total. The van der Waals surface area contributed by atoms with Gasteiger partial charge in [-0.3, -0.25) is 14.4 Å². The lowest BCUT2D eigenvalue weighted by Crippen LogP contribution is -2.30. The summed E-state index contributed by atoms with van der Waals surface area (Å²) in [5.74, 6) is -0.826. The summed E-state index contributed by atoms with van der Waals surface area (Å²) in [5.41, 5.74) is 0. The molecular weight excluding hydrogens is 949 g/mol. The van der Waals surface area contributed by atoms with E-state index in [1.54, 1.807) is 0 Å². The molecule has 77 heavy (non-hydrogen) atoms. The SMILES string of the molecule is CCCCCCCCCC/C=C\CCCCCCCCCCCCCCCCCC(=O)OCC(COC(=O)CCCCCCCCCCCCCCC)OC(=O)CCCCCCCCCCCCCCCCCCCCC. The molecule has 0 heterocycles. The second-order valence-corrected chi connectivity index (χ2v) is 24.2. The maximum Gasteiger partial charge on any atom is 0.306 e. The maximum absolute atomic E-state index is 12.9. The Labute approximate surface area is 481 Å². The third-order valence-corrected chi connectivity index (χ3v) is 16.3. The Morgan fingerprint density at radius 3 is 0.649 bits per heavy atom. The number of esters is 3. The van der Waals surface area contributed by atoms with Gasteiger partial charge in [-0.1, -0.05) is 354 Å². The largest absolute Gasteiger partial charge is 0.462 e. The average molecular weight is 1090 g/mol. The standard InChI is InChI=1S/C71H136O6/c1-4-7-10-13-16-19-22-25-27-29-31-32-33-34-35-36-37-38-40-41-43-46-49-52-55-58-61-64-70(73)76-67-68(66-75-69(72)63-60-57-54-51-48-45-24-21-18-15-12-9-6-3)77-71(74)65-62-59-56-53-50-47-44-42-39-30-28-26-23-20-17-14-11-8-5-2/h29,31,68H,4-28,30,32-67H2,1-3H3/b31-29-. The predicted octanol–water partition coefficient (Wildman–Crippen LogP) is 24.0. The van der Waals surface area contributed by atoms with E-state index < -0.39 is 6.10 Å². The number of unbranched alkanes of at least 4 members (excludes halogenated alkanes) is 53. The van der Waals surface area contributed by atoms with Gasteiger partial charge in [0.05, 0.1) is 0 Å². The van der Waals surface area contributed by atoms with Gasteiger partial charge in [0.25, 0.3) is 0 Å². The Balaban J connectivity index is 4.18. The highest BCUT2D eigenvalue weighted by Crippen LogP contribution is 2.19. The van der Waals surface area contributed by atoms with Gasteiger partial charge in [-0.25, -0.2) is 0 Å². The number of hydrogen-bond donors (Lipinski definition) is 0. The first kappa shape index (κ1) is 75.2. The Bertz CT molecular complexity index is 1200. The van der Waals surface area contributed by atoms with Crippen molar-refractivity contribution in [2.45, 2.75) is 412 Å². The van der Waals surface area contributed by atoms with Crippen molar-refractivity contribution in [1.29, 1.82) is 0 Å². The molecule has 0 aromatic carbocycles. The zero-order valence-electron chi connectivity index (χ0n) is 52.5. The Morgan fingerprint density at radius 2 is 0.429 bits per heavy atom. The summed E-state index contributed by atoms with van der Waals surface area (Å²) in [7, 11) is 0. The summed E-state index contributed by atoms with van der Waals surface area (Å²) in [6.07, 6.45) is 79.6. The van der Waals surface area contributed by atoms with Crippen LogP contribution >= 0.6 is 0 Å². The van der Waals surface area contributed by atoms with Crippen LogP contribution in [0.5, 0.6) is 0 Å². The lowest BCUT2D eigenvalue weighted by atomic mass is 10.0. The summed E-state index contributed by atoms with van der Waals surface area (Å²) >= 11 is 0. The lowest BCUT2D eigenvalue weighted by molar-refractivity contribution is -0.167. The third kappa shape index (κ3) is 64.9. The second kappa shape index (κ2) is 66.7. The fourth-order valence-electron chi connectivity index (χ4n) is 11.0. The summed E-state index contributed by atoms with van der Waals surface area (Å²) in [4.78, 5) is 38.4. The van der Waals surface area contributed by atoms with Gasteiger partial charge in [0.2, 0.25) is 0 Å². The van der Waals surface area contributed by atoms with Crippen molar-refractivity contribution < 1.29 is 28.6 Å². The Kier molecular flexibility index (Phi) is 65.1. The maximum atomic E-state index is 12.9. The number of carbonyl (C=O) groups excluding carboxylic acids is 3. The molecule has 0 bridgehead atoms. The summed E-state index contributed by atoms with van der Waals surface area (Å²) in [5, 5.41) is 0. The molecule has 0 saturated heterocycles. The fourth-order valence-corrected chi connectivity index (χ4v) is 11.0. The molecule has 0 aliphatic rings. The number of ether oxygens (including phenoxy) is 3. The van der Waals surface area contributed by atoms with Crippen molar-refractivity contribution in [3.05, 3.63) is 12.2 Å². The van der Waals surface area contributed by atoms with Crippen LogP contribution in [0.25, 0.3) is 0 Å². The minimum Gasteiger partial charge on any atom is -0.462 e. The van der Waals surface area contributed by atoms with Crippen LogP contribution in [0.3, 0.4) is 0 Å². The van der Waals surface area contributed by atoms with E-state index in [-0.39, 0.29) is 31.1 Å². The van der Waals surface area contributed by atoms with Gasteiger partial charge in [-0.2, -0.15) is 0 Å². The summed E-state index contributed by atoms with van der Waals surface area (Å²) < 4.78 is 17.0. The monoisotopic (exact) mass is 1090 g/mol. The van der Waals surface area contributed by atoms with Gasteiger partial charge >= 0.3 is 17.9 Å². The van der Waals surface area contributed by atoms with Crippen molar-refractivity contribution in [3.63, 3.8) is 0 Å². The van der Waals surface area contributed by atoms with Crippen LogP contribution in [-0.2, 0) is 28.6 Å². The van der Waals surface area contributed by atoms with Gasteiger partial charge in [-0.15, -0.1) is 0 Å². The molecule has 0 rings (SSSR count). The minimum atomic E-state index is -0.765. The highest BCUT2D eigenvalue weighted by molar-refractivity contribution is 5.71. The number of carbonyl (C=O) groups is 3. The molecule has 0 aliphatic carbocycles. The molecule has 0 saturated carbocycles. The van der Waals surface area contributed by atoms with Crippen molar-refractivity contribution in [2.24, 2.45) is 0 Å². The van der Waals surface area contributed by atoms with E-state index in [9.17, 15) is 14.4 Å². The van der Waals surface area contributed by atoms with E-state index in [0.717, 1.165) is 57.8 Å². The van der Waals surface area contributed by atoms with E-state index in [1.807, 2.05) is 0 Å². The van der Waals surface area contributed by atoms with Gasteiger partial charge in [0, 0.05) is 19.3 Å². The average Bonchev–Trinajstić information content (AvgIpc) is 3.43. The Hall–Kier alpha value is -1.85. The molecule has 0 aromatic rings. The van der Waals surface area contributed by atoms with E-state index in [4.69, 9.17) is 14.2 Å². The van der Waals surface area contributed by atoms with Crippen LogP contribution in [0.1, 0.15) is 406 Å². The number of allylic oxidation sites excluding steroid dienone is 2. The first-order chi connectivity index (χ1) is 38.0. The number of hydrogen-bond acceptors (Lipinski definition) is 6. The van der Waals surface area contributed by atoms with Gasteiger partial charge in [0.1, 0.15) is 13.2 Å². The molecule has 0 N–H and O–H groups in total. The van der Waals surface area contributed by atoms with E-state index in [1.165, 1.54) is 308 Å². The van der Waals surface area contributed by atoms with E-state index in [0.29, 0.717) is 19.3 Å². The molecule has 0 aromatic heterocycles. The summed E-state index contributed by atoms with van der Waals surface area (Å²) in [6, 6.07) is 0. The van der Waals surface area contributed by atoms with E-state index in [2.05, 4.69) is 32.9 Å². The minimum absolute atomic E-state index is 0.0623. The first-order valence-corrected chi connectivity index (χ1v) is 35.2. The van der Waals surface area contributed by atoms with Crippen molar-refractivity contribution in [2.75, 3.05) is 13.2 Å². The molecule has 1 unspecified atom stereocenters. The zero-order valence-corrected chi connectivity index (χ0v) is 52.5. The van der Waals surface area contributed by atoms with Crippen LogP contribution < -0.4 is 0 Å². The highest BCUT2D eigenvalue weighted by atomic mass is 16.6. The van der Waals surface area contributed by atoms with Gasteiger partial charge in [-0.05, 0) is 44.9 Å². The molecule has 0 radical (unpaired) electrons. The zero-order chi connectivity index (χ0) is 55.7. The van der Waals surface area contributed by atoms with E-state index >= 15 is 0 Å². The molecule has 456 valence electrons. The van der Waals surface area contributed by atoms with Crippen LogP contribution in [0.4, 0.5) is 0 Å². The van der Waals surface area contributed by atoms with Crippen molar-refractivity contribution in [3.8, 4) is 0 Å². The van der Waals surface area contributed by atoms with Crippen molar-refractivity contribution >= 4 is 17.9 Å². The quantitative estimate of drug-likeness (QED) is 0.0261. The highest BCUT2D eigenvalue weighted by Gasteiger charge is 2.19. The predicted molar refractivity (Wildman–Crippen MR) is 335 cm³/mol. The molecule has 0 aliphatic heterocycles. The van der Waals surface area contributed by atoms with Gasteiger partial charge in [0.15, 0.2) is 6.10 Å². The molecule has 1 atom stereocenters. The lowest BCUT2D eigenvalue weighted by Gasteiger charge is -2.18. The second-order valence-electron chi connectivity index (χ2n) is 24.2. The fraction of sp³-hybridized carbons (Fsp3) is 0.930. The normalized spacial score (nSPS) is 12.0. The third-order valence-electron chi connectivity index (χ3n) is 16.3. The summed E-state index contributed by atoms with van der Waals surface area (Å²) in [6.45, 7) is 6.73.